The smallest absolute Gasteiger partial charge is 0.197 e. The molecular weight excluding hydrogens is 352 g/mol. The van der Waals surface area contributed by atoms with Gasteiger partial charge < -0.3 is 4.57 Å². The van der Waals surface area contributed by atoms with Crippen LogP contribution < -0.4 is 0 Å². The number of tetrazole rings is 1. The molecule has 0 radical (unpaired) electrons. The van der Waals surface area contributed by atoms with Crippen molar-refractivity contribution in [3.05, 3.63) is 53.3 Å². The normalized spacial score (nSPS) is 12.5. The Kier molecular flexibility index (Phi) is 4.04. The Morgan fingerprint density at radius 3 is 2.58 bits per heavy atom. The summed E-state index contributed by atoms with van der Waals surface area (Å²) in [5.74, 6) is 0.570. The fraction of sp³-hybridized carbons (Fsp3) is 0.235. The Bertz CT molecular complexity index is 1030. The third kappa shape index (κ3) is 2.59. The number of hydrogen-bond acceptors (Lipinski definition) is 5. The van der Waals surface area contributed by atoms with E-state index < -0.39 is 0 Å². The number of aryl methyl sites for hydroxylation is 2. The molecule has 132 valence electrons. The molecule has 0 saturated carbocycles. The van der Waals surface area contributed by atoms with Gasteiger partial charge >= 0.3 is 0 Å². The second-order valence-electron chi connectivity index (χ2n) is 6.04. The number of rotatable bonds is 4. The fourth-order valence-electron chi connectivity index (χ4n) is 3.08. The third-order valence-corrected chi connectivity index (χ3v) is 4.82. The molecule has 26 heavy (non-hydrogen) atoms. The summed E-state index contributed by atoms with van der Waals surface area (Å²) in [5.41, 5.74) is 4.39. The molecule has 0 spiro atoms. The van der Waals surface area contributed by atoms with Gasteiger partial charge in [-0.3, -0.25) is 4.68 Å². The van der Waals surface area contributed by atoms with E-state index in [1.807, 2.05) is 55.8 Å². The first-order valence-corrected chi connectivity index (χ1v) is 8.50. The first kappa shape index (κ1) is 16.5. The molecule has 3 aromatic heterocycles. The van der Waals surface area contributed by atoms with E-state index in [4.69, 9.17) is 11.6 Å². The Hall–Kier alpha value is -3.00. The molecule has 0 saturated heterocycles. The second-order valence-corrected chi connectivity index (χ2v) is 6.39. The van der Waals surface area contributed by atoms with Crippen molar-refractivity contribution in [3.63, 3.8) is 0 Å². The Morgan fingerprint density at radius 2 is 1.96 bits per heavy atom. The van der Waals surface area contributed by atoms with Crippen LogP contribution in [0.2, 0.25) is 5.15 Å². The zero-order valence-corrected chi connectivity index (χ0v) is 15.3. The molecule has 4 aromatic rings. The summed E-state index contributed by atoms with van der Waals surface area (Å²) in [4.78, 5) is 4.67. The van der Waals surface area contributed by atoms with E-state index in [2.05, 4.69) is 30.7 Å². The molecule has 1 N–H and O–H groups in total. The predicted molar refractivity (Wildman–Crippen MR) is 97.6 cm³/mol. The number of aromatic amines is 1. The fourth-order valence-corrected chi connectivity index (χ4v) is 3.34. The molecule has 0 aliphatic carbocycles. The quantitative estimate of drug-likeness (QED) is 0.598. The topological polar surface area (TPSA) is 90.1 Å². The summed E-state index contributed by atoms with van der Waals surface area (Å²) < 4.78 is 3.67. The van der Waals surface area contributed by atoms with Gasteiger partial charge in [-0.2, -0.15) is 10.3 Å². The molecule has 8 nitrogen and oxygen atoms in total. The van der Waals surface area contributed by atoms with E-state index in [0.29, 0.717) is 11.0 Å². The van der Waals surface area contributed by atoms with Crippen LogP contribution in [0.15, 0.2) is 36.7 Å². The number of halogens is 1. The molecule has 0 aliphatic rings. The van der Waals surface area contributed by atoms with Crippen molar-refractivity contribution in [2.75, 3.05) is 0 Å². The lowest BCUT2D eigenvalue weighted by atomic mass is 10.0. The lowest BCUT2D eigenvalue weighted by Gasteiger charge is -2.15. The minimum absolute atomic E-state index is 0.176. The molecule has 9 heteroatoms. The van der Waals surface area contributed by atoms with Gasteiger partial charge in [-0.1, -0.05) is 47.1 Å². The SMILES string of the molecule is Cc1nn(C)c(Cl)c1-c1c(-c2ccccc2)ncn1[C@H](C)c1nn[nH]n1. The van der Waals surface area contributed by atoms with E-state index in [0.717, 1.165) is 28.2 Å². The van der Waals surface area contributed by atoms with Gasteiger partial charge in [0.1, 0.15) is 5.15 Å². The first-order chi connectivity index (χ1) is 12.6. The van der Waals surface area contributed by atoms with Crippen LogP contribution in [0.4, 0.5) is 0 Å². The highest BCUT2D eigenvalue weighted by atomic mass is 35.5. The van der Waals surface area contributed by atoms with E-state index >= 15 is 0 Å². The number of H-pyrrole nitrogens is 1. The Labute approximate surface area is 154 Å². The minimum Gasteiger partial charge on any atom is -0.319 e. The third-order valence-electron chi connectivity index (χ3n) is 4.38. The van der Waals surface area contributed by atoms with Crippen LogP contribution in [0.25, 0.3) is 22.5 Å². The number of nitrogens with one attached hydrogen (secondary N) is 1. The van der Waals surface area contributed by atoms with Crippen LogP contribution in [0, 0.1) is 6.92 Å². The molecule has 0 unspecified atom stereocenters. The molecule has 0 bridgehead atoms. The molecule has 0 aliphatic heterocycles. The van der Waals surface area contributed by atoms with Gasteiger partial charge in [0.25, 0.3) is 0 Å². The standard InChI is InChI=1S/C17H17ClN8/c1-10-13(16(18)25(3)22-10)15-14(12-7-5-4-6-8-12)19-9-26(15)11(2)17-20-23-24-21-17/h4-9,11H,1-3H3,(H,20,21,23,24)/t11-/m1/s1. The van der Waals surface area contributed by atoms with Crippen molar-refractivity contribution in [3.8, 4) is 22.5 Å². The summed E-state index contributed by atoms with van der Waals surface area (Å²) in [7, 11) is 1.82. The number of imidazole rings is 1. The van der Waals surface area contributed by atoms with Gasteiger partial charge in [0.2, 0.25) is 0 Å². The maximum atomic E-state index is 6.58. The molecule has 0 fully saturated rings. The van der Waals surface area contributed by atoms with Gasteiger partial charge in [0.05, 0.1) is 35.0 Å². The van der Waals surface area contributed by atoms with Crippen LogP contribution in [0.3, 0.4) is 0 Å². The van der Waals surface area contributed by atoms with Crippen LogP contribution in [-0.4, -0.2) is 40.0 Å². The second kappa shape index (κ2) is 6.38. The first-order valence-electron chi connectivity index (χ1n) is 8.13. The largest absolute Gasteiger partial charge is 0.319 e. The maximum absolute atomic E-state index is 6.58. The lowest BCUT2D eigenvalue weighted by molar-refractivity contribution is 0.605. The number of aromatic nitrogens is 8. The summed E-state index contributed by atoms with van der Waals surface area (Å²) >= 11 is 6.58. The van der Waals surface area contributed by atoms with Gasteiger partial charge in [-0.15, -0.1) is 10.2 Å². The van der Waals surface area contributed by atoms with Crippen molar-refractivity contribution >= 4 is 11.6 Å². The molecule has 0 amide bonds. The van der Waals surface area contributed by atoms with Crippen LogP contribution in [0.5, 0.6) is 0 Å². The van der Waals surface area contributed by atoms with Crippen molar-refractivity contribution in [1.29, 1.82) is 0 Å². The van der Waals surface area contributed by atoms with Crippen LogP contribution >= 0.6 is 11.6 Å². The molecule has 3 heterocycles. The van der Waals surface area contributed by atoms with Crippen molar-refractivity contribution in [1.82, 2.24) is 40.0 Å². The van der Waals surface area contributed by atoms with Crippen molar-refractivity contribution < 1.29 is 0 Å². The summed E-state index contributed by atoms with van der Waals surface area (Å²) in [6.07, 6.45) is 1.78. The van der Waals surface area contributed by atoms with Crippen LogP contribution in [-0.2, 0) is 7.05 Å². The number of nitrogens with zero attached hydrogens (tertiary/aromatic N) is 7. The summed E-state index contributed by atoms with van der Waals surface area (Å²) in [5, 5.41) is 19.4. The van der Waals surface area contributed by atoms with Crippen LogP contribution in [0.1, 0.15) is 24.5 Å². The Balaban J connectivity index is 1.98. The highest BCUT2D eigenvalue weighted by Gasteiger charge is 2.26. The van der Waals surface area contributed by atoms with Gasteiger partial charge in [-0.25, -0.2) is 4.98 Å². The van der Waals surface area contributed by atoms with E-state index in [-0.39, 0.29) is 6.04 Å². The molecule has 1 aromatic carbocycles. The molecule has 4 rings (SSSR count). The van der Waals surface area contributed by atoms with E-state index in [1.165, 1.54) is 0 Å². The Morgan fingerprint density at radius 1 is 1.19 bits per heavy atom. The zero-order valence-electron chi connectivity index (χ0n) is 14.5. The van der Waals surface area contributed by atoms with E-state index in [1.54, 1.807) is 11.0 Å². The van der Waals surface area contributed by atoms with Crippen molar-refractivity contribution in [2.45, 2.75) is 19.9 Å². The average Bonchev–Trinajstić information content (AvgIpc) is 3.36. The number of hydrogen-bond donors (Lipinski definition) is 1. The van der Waals surface area contributed by atoms with Crippen molar-refractivity contribution in [2.24, 2.45) is 7.05 Å². The van der Waals surface area contributed by atoms with Gasteiger partial charge in [0.15, 0.2) is 5.82 Å². The zero-order chi connectivity index (χ0) is 18.3. The minimum atomic E-state index is -0.176. The predicted octanol–water partition coefficient (Wildman–Crippen LogP) is 3.03. The highest BCUT2D eigenvalue weighted by molar-refractivity contribution is 6.32. The monoisotopic (exact) mass is 368 g/mol. The number of benzene rings is 1. The maximum Gasteiger partial charge on any atom is 0.197 e. The van der Waals surface area contributed by atoms with Gasteiger partial charge in [0, 0.05) is 12.6 Å². The molecular formula is C17H17ClN8. The van der Waals surface area contributed by atoms with E-state index in [9.17, 15) is 0 Å². The summed E-state index contributed by atoms with van der Waals surface area (Å²) in [6, 6.07) is 9.81. The average molecular weight is 369 g/mol. The molecule has 1 atom stereocenters. The van der Waals surface area contributed by atoms with Gasteiger partial charge in [-0.05, 0) is 13.8 Å². The highest BCUT2D eigenvalue weighted by Crippen LogP contribution is 2.39. The summed E-state index contributed by atoms with van der Waals surface area (Å²) in [6.45, 7) is 3.93. The lowest BCUT2D eigenvalue weighted by Crippen LogP contribution is -2.09.